The lowest BCUT2D eigenvalue weighted by molar-refractivity contribution is 0.101. The first-order chi connectivity index (χ1) is 7.93. The van der Waals surface area contributed by atoms with Crippen LogP contribution in [0.4, 0.5) is 0 Å². The van der Waals surface area contributed by atoms with Crippen molar-refractivity contribution >= 4 is 21.7 Å². The number of carbonyl (C=O) groups is 1. The molecule has 1 aromatic rings. The second-order valence-electron chi connectivity index (χ2n) is 4.10. The number of rotatable bonds is 4. The highest BCUT2D eigenvalue weighted by Crippen LogP contribution is 2.43. The molecule has 3 nitrogen and oxygen atoms in total. The molecule has 0 saturated carbocycles. The Labute approximate surface area is 110 Å². The van der Waals surface area contributed by atoms with Gasteiger partial charge in [-0.1, -0.05) is 13.8 Å². The van der Waals surface area contributed by atoms with E-state index in [1.54, 1.807) is 27.2 Å². The molecule has 0 saturated heterocycles. The number of ether oxygens (including phenoxy) is 2. The number of Topliss-reactive ketones (excluding diaryl/α,β-unsaturated/α-hetero) is 1. The Morgan fingerprint density at radius 3 is 2.12 bits per heavy atom. The van der Waals surface area contributed by atoms with Crippen LogP contribution in [0, 0.1) is 0 Å². The fourth-order valence-corrected chi connectivity index (χ4v) is 2.45. The number of benzene rings is 1. The number of hydrogen-bond acceptors (Lipinski definition) is 3. The molecule has 0 aliphatic carbocycles. The van der Waals surface area contributed by atoms with E-state index in [9.17, 15) is 4.79 Å². The van der Waals surface area contributed by atoms with Gasteiger partial charge in [0.15, 0.2) is 17.3 Å². The lowest BCUT2D eigenvalue weighted by Gasteiger charge is -2.19. The van der Waals surface area contributed by atoms with Gasteiger partial charge >= 0.3 is 0 Å². The molecule has 0 spiro atoms. The smallest absolute Gasteiger partial charge is 0.175 e. The highest BCUT2D eigenvalue weighted by Gasteiger charge is 2.22. The van der Waals surface area contributed by atoms with Crippen molar-refractivity contribution in [2.45, 2.75) is 26.7 Å². The van der Waals surface area contributed by atoms with Crippen molar-refractivity contribution in [2.24, 2.45) is 0 Å². The standard InChI is InChI=1S/C13H17BrO3/c1-7(2)11-9(8(3)15)6-10(14)12(16-4)13(11)17-5/h6-7H,1-5H3. The Bertz CT molecular complexity index is 439. The van der Waals surface area contributed by atoms with Crippen molar-refractivity contribution in [3.8, 4) is 11.5 Å². The van der Waals surface area contributed by atoms with Crippen molar-refractivity contribution < 1.29 is 14.3 Å². The summed E-state index contributed by atoms with van der Waals surface area (Å²) in [5.74, 6) is 1.46. The third-order valence-electron chi connectivity index (χ3n) is 2.59. The van der Waals surface area contributed by atoms with Crippen LogP contribution in [-0.2, 0) is 0 Å². The number of halogens is 1. The number of methoxy groups -OCH3 is 2. The molecule has 17 heavy (non-hydrogen) atoms. The van der Waals surface area contributed by atoms with Crippen LogP contribution < -0.4 is 9.47 Å². The zero-order valence-electron chi connectivity index (χ0n) is 10.8. The summed E-state index contributed by atoms with van der Waals surface area (Å²) in [6.07, 6.45) is 0. The minimum Gasteiger partial charge on any atom is -0.492 e. The summed E-state index contributed by atoms with van der Waals surface area (Å²) < 4.78 is 11.4. The van der Waals surface area contributed by atoms with Gasteiger partial charge in [-0.25, -0.2) is 0 Å². The van der Waals surface area contributed by atoms with Crippen LogP contribution in [0.15, 0.2) is 10.5 Å². The quantitative estimate of drug-likeness (QED) is 0.794. The van der Waals surface area contributed by atoms with Crippen molar-refractivity contribution in [2.75, 3.05) is 14.2 Å². The molecule has 0 bridgehead atoms. The Kier molecular flexibility index (Phi) is 4.57. The van der Waals surface area contributed by atoms with E-state index in [4.69, 9.17) is 9.47 Å². The van der Waals surface area contributed by atoms with Gasteiger partial charge in [-0.2, -0.15) is 0 Å². The van der Waals surface area contributed by atoms with Gasteiger partial charge in [0.25, 0.3) is 0 Å². The van der Waals surface area contributed by atoms with E-state index in [0.29, 0.717) is 17.1 Å². The summed E-state index contributed by atoms with van der Waals surface area (Å²) in [7, 11) is 3.17. The van der Waals surface area contributed by atoms with Crippen LogP contribution in [0.1, 0.15) is 42.6 Å². The molecule has 0 aliphatic heterocycles. The van der Waals surface area contributed by atoms with Crippen LogP contribution in [0.5, 0.6) is 11.5 Å². The van der Waals surface area contributed by atoms with Gasteiger partial charge in [-0.05, 0) is 34.8 Å². The first-order valence-corrected chi connectivity index (χ1v) is 6.18. The van der Waals surface area contributed by atoms with E-state index in [2.05, 4.69) is 15.9 Å². The van der Waals surface area contributed by atoms with Crippen molar-refractivity contribution in [3.63, 3.8) is 0 Å². The van der Waals surface area contributed by atoms with Gasteiger partial charge < -0.3 is 9.47 Å². The highest BCUT2D eigenvalue weighted by molar-refractivity contribution is 9.10. The summed E-state index contributed by atoms with van der Waals surface area (Å²) in [5, 5.41) is 0. The predicted octanol–water partition coefficient (Wildman–Crippen LogP) is 3.79. The van der Waals surface area contributed by atoms with Gasteiger partial charge in [-0.15, -0.1) is 0 Å². The van der Waals surface area contributed by atoms with Gasteiger partial charge in [0.2, 0.25) is 0 Å². The lowest BCUT2D eigenvalue weighted by atomic mass is 9.93. The summed E-state index contributed by atoms with van der Waals surface area (Å²) in [6, 6.07) is 1.79. The first kappa shape index (κ1) is 14.0. The van der Waals surface area contributed by atoms with Gasteiger partial charge in [0.05, 0.1) is 18.7 Å². The number of carbonyl (C=O) groups excluding carboxylic acids is 1. The van der Waals surface area contributed by atoms with Crippen molar-refractivity contribution in [1.29, 1.82) is 0 Å². The third-order valence-corrected chi connectivity index (χ3v) is 3.18. The van der Waals surface area contributed by atoms with Crippen LogP contribution in [0.2, 0.25) is 0 Å². The minimum absolute atomic E-state index is 0.0235. The molecular formula is C13H17BrO3. The summed E-state index contributed by atoms with van der Waals surface area (Å²) in [6.45, 7) is 5.61. The lowest BCUT2D eigenvalue weighted by Crippen LogP contribution is -2.06. The van der Waals surface area contributed by atoms with E-state index < -0.39 is 0 Å². The zero-order chi connectivity index (χ0) is 13.2. The highest BCUT2D eigenvalue weighted by atomic mass is 79.9. The topological polar surface area (TPSA) is 35.5 Å². The molecule has 0 fully saturated rings. The second-order valence-corrected chi connectivity index (χ2v) is 4.95. The molecule has 0 amide bonds. The van der Waals surface area contributed by atoms with Crippen LogP contribution >= 0.6 is 15.9 Å². The Morgan fingerprint density at radius 1 is 1.24 bits per heavy atom. The largest absolute Gasteiger partial charge is 0.492 e. The van der Waals surface area contributed by atoms with E-state index in [1.807, 2.05) is 13.8 Å². The molecule has 0 aromatic heterocycles. The molecule has 0 radical (unpaired) electrons. The average molecular weight is 301 g/mol. The SMILES string of the molecule is COc1c(Br)cc(C(C)=O)c(C(C)C)c1OC. The fraction of sp³-hybridized carbons (Fsp3) is 0.462. The molecule has 0 atom stereocenters. The molecule has 1 rings (SSSR count). The molecule has 94 valence electrons. The molecule has 0 aliphatic rings. The summed E-state index contributed by atoms with van der Waals surface area (Å²) >= 11 is 3.39. The molecular weight excluding hydrogens is 284 g/mol. The van der Waals surface area contributed by atoms with Crippen LogP contribution in [0.25, 0.3) is 0 Å². The van der Waals surface area contributed by atoms with E-state index >= 15 is 0 Å². The number of hydrogen-bond donors (Lipinski definition) is 0. The van der Waals surface area contributed by atoms with Crippen molar-refractivity contribution in [1.82, 2.24) is 0 Å². The monoisotopic (exact) mass is 300 g/mol. The Hall–Kier alpha value is -1.03. The van der Waals surface area contributed by atoms with E-state index in [-0.39, 0.29) is 11.7 Å². The maximum absolute atomic E-state index is 11.7. The fourth-order valence-electron chi connectivity index (χ4n) is 1.88. The second kappa shape index (κ2) is 5.54. The average Bonchev–Trinajstić information content (AvgIpc) is 2.26. The number of ketones is 1. The summed E-state index contributed by atoms with van der Waals surface area (Å²) in [5.41, 5.74) is 1.56. The molecule has 4 heteroatoms. The normalized spacial score (nSPS) is 10.5. The third kappa shape index (κ3) is 2.63. The maximum atomic E-state index is 11.7. The molecule has 0 N–H and O–H groups in total. The first-order valence-electron chi connectivity index (χ1n) is 5.39. The Balaban J connectivity index is 3.65. The Morgan fingerprint density at radius 2 is 1.76 bits per heavy atom. The van der Waals surface area contributed by atoms with Gasteiger partial charge in [0.1, 0.15) is 0 Å². The summed E-state index contributed by atoms with van der Waals surface area (Å²) in [4.78, 5) is 11.7. The maximum Gasteiger partial charge on any atom is 0.175 e. The van der Waals surface area contributed by atoms with Crippen molar-refractivity contribution in [3.05, 3.63) is 21.7 Å². The van der Waals surface area contributed by atoms with E-state index in [0.717, 1.165) is 10.0 Å². The minimum atomic E-state index is 0.0235. The van der Waals surface area contributed by atoms with Crippen LogP contribution in [0.3, 0.4) is 0 Å². The van der Waals surface area contributed by atoms with Gasteiger partial charge in [0, 0.05) is 11.1 Å². The van der Waals surface area contributed by atoms with Crippen LogP contribution in [-0.4, -0.2) is 20.0 Å². The van der Waals surface area contributed by atoms with Gasteiger partial charge in [-0.3, -0.25) is 4.79 Å². The molecule has 0 unspecified atom stereocenters. The predicted molar refractivity (Wildman–Crippen MR) is 71.3 cm³/mol. The molecule has 0 heterocycles. The zero-order valence-corrected chi connectivity index (χ0v) is 12.3. The molecule has 1 aromatic carbocycles. The van der Waals surface area contributed by atoms with E-state index in [1.165, 1.54) is 0 Å².